The third-order valence-corrected chi connectivity index (χ3v) is 2.61. The SMILES string of the molecule is CC(C)(F)c1ccc(CNO)cc1Br. The van der Waals surface area contributed by atoms with E-state index in [1.807, 2.05) is 0 Å². The molecule has 0 amide bonds. The number of hydrogen-bond donors (Lipinski definition) is 2. The number of benzene rings is 1. The lowest BCUT2D eigenvalue weighted by molar-refractivity contribution is 0.161. The van der Waals surface area contributed by atoms with Crippen LogP contribution in [0, 0.1) is 0 Å². The maximum Gasteiger partial charge on any atom is 0.131 e. The number of halogens is 2. The monoisotopic (exact) mass is 261 g/mol. The first-order chi connectivity index (χ1) is 6.45. The fourth-order valence-electron chi connectivity index (χ4n) is 1.24. The molecule has 0 saturated heterocycles. The molecule has 0 heterocycles. The van der Waals surface area contributed by atoms with Crippen molar-refractivity contribution in [2.45, 2.75) is 26.1 Å². The summed E-state index contributed by atoms with van der Waals surface area (Å²) in [5.41, 5.74) is 2.20. The maximum absolute atomic E-state index is 13.6. The van der Waals surface area contributed by atoms with Crippen LogP contribution in [-0.2, 0) is 12.2 Å². The van der Waals surface area contributed by atoms with Crippen molar-refractivity contribution in [3.8, 4) is 0 Å². The van der Waals surface area contributed by atoms with Gasteiger partial charge in [-0.25, -0.2) is 9.87 Å². The molecule has 4 heteroatoms. The number of rotatable bonds is 3. The Balaban J connectivity index is 3.02. The Hall–Kier alpha value is -0.450. The smallest absolute Gasteiger partial charge is 0.131 e. The van der Waals surface area contributed by atoms with E-state index >= 15 is 0 Å². The van der Waals surface area contributed by atoms with E-state index in [0.717, 1.165) is 10.0 Å². The molecule has 2 nitrogen and oxygen atoms in total. The van der Waals surface area contributed by atoms with Crippen LogP contribution in [0.1, 0.15) is 25.0 Å². The summed E-state index contributed by atoms with van der Waals surface area (Å²) in [7, 11) is 0. The van der Waals surface area contributed by atoms with Gasteiger partial charge in [-0.1, -0.05) is 28.1 Å². The minimum atomic E-state index is -1.36. The fraction of sp³-hybridized carbons (Fsp3) is 0.400. The zero-order chi connectivity index (χ0) is 10.8. The Bertz CT molecular complexity index is 322. The highest BCUT2D eigenvalue weighted by atomic mass is 79.9. The molecular formula is C10H13BrFNO. The molecule has 78 valence electrons. The van der Waals surface area contributed by atoms with Gasteiger partial charge in [-0.15, -0.1) is 0 Å². The standard InChI is InChI=1S/C10H13BrFNO/c1-10(2,12)8-4-3-7(6-13-14)5-9(8)11/h3-5,13-14H,6H2,1-2H3. The highest BCUT2D eigenvalue weighted by Crippen LogP contribution is 2.31. The summed E-state index contributed by atoms with van der Waals surface area (Å²) < 4.78 is 14.3. The predicted molar refractivity (Wildman–Crippen MR) is 56.9 cm³/mol. The third kappa shape index (κ3) is 2.77. The van der Waals surface area contributed by atoms with Gasteiger partial charge in [0.05, 0.1) is 0 Å². The largest absolute Gasteiger partial charge is 0.316 e. The van der Waals surface area contributed by atoms with Crippen molar-refractivity contribution in [3.05, 3.63) is 33.8 Å². The van der Waals surface area contributed by atoms with E-state index in [1.54, 1.807) is 18.2 Å². The Kier molecular flexibility index (Phi) is 3.64. The van der Waals surface area contributed by atoms with Crippen LogP contribution in [0.25, 0.3) is 0 Å². The first-order valence-corrected chi connectivity index (χ1v) is 5.09. The first kappa shape index (κ1) is 11.6. The van der Waals surface area contributed by atoms with Gasteiger partial charge in [0.2, 0.25) is 0 Å². The summed E-state index contributed by atoms with van der Waals surface area (Å²) in [5.74, 6) is 0. The highest BCUT2D eigenvalue weighted by molar-refractivity contribution is 9.10. The second-order valence-corrected chi connectivity index (χ2v) is 4.48. The van der Waals surface area contributed by atoms with Crippen LogP contribution in [0.3, 0.4) is 0 Å². The van der Waals surface area contributed by atoms with E-state index in [4.69, 9.17) is 5.21 Å². The quantitative estimate of drug-likeness (QED) is 0.820. The van der Waals surface area contributed by atoms with E-state index in [9.17, 15) is 4.39 Å². The van der Waals surface area contributed by atoms with Gasteiger partial charge in [0, 0.05) is 16.6 Å². The van der Waals surface area contributed by atoms with Crippen LogP contribution in [0.15, 0.2) is 22.7 Å². The van der Waals surface area contributed by atoms with Gasteiger partial charge >= 0.3 is 0 Å². The lowest BCUT2D eigenvalue weighted by atomic mass is 9.99. The Morgan fingerprint density at radius 2 is 2.14 bits per heavy atom. The number of alkyl halides is 1. The van der Waals surface area contributed by atoms with Crippen molar-refractivity contribution >= 4 is 15.9 Å². The summed E-state index contributed by atoms with van der Waals surface area (Å²) in [6, 6.07) is 5.29. The molecule has 0 bridgehead atoms. The van der Waals surface area contributed by atoms with Crippen molar-refractivity contribution in [2.75, 3.05) is 0 Å². The number of nitrogens with one attached hydrogen (secondary N) is 1. The molecule has 0 aliphatic heterocycles. The third-order valence-electron chi connectivity index (χ3n) is 1.96. The van der Waals surface area contributed by atoms with Crippen molar-refractivity contribution in [1.82, 2.24) is 5.48 Å². The lowest BCUT2D eigenvalue weighted by Crippen LogP contribution is -2.11. The van der Waals surface area contributed by atoms with E-state index < -0.39 is 5.67 Å². The molecule has 0 atom stereocenters. The highest BCUT2D eigenvalue weighted by Gasteiger charge is 2.21. The summed E-state index contributed by atoms with van der Waals surface area (Å²) >= 11 is 3.30. The molecule has 1 aromatic carbocycles. The van der Waals surface area contributed by atoms with E-state index in [2.05, 4.69) is 21.4 Å². The van der Waals surface area contributed by atoms with Crippen molar-refractivity contribution in [1.29, 1.82) is 0 Å². The zero-order valence-electron chi connectivity index (χ0n) is 8.14. The molecule has 0 spiro atoms. The summed E-state index contributed by atoms with van der Waals surface area (Å²) in [6.45, 7) is 3.37. The van der Waals surface area contributed by atoms with Gasteiger partial charge < -0.3 is 5.21 Å². The van der Waals surface area contributed by atoms with Crippen LogP contribution >= 0.6 is 15.9 Å². The van der Waals surface area contributed by atoms with Crippen molar-refractivity contribution in [2.24, 2.45) is 0 Å². The van der Waals surface area contributed by atoms with Gasteiger partial charge in [-0.05, 0) is 25.5 Å². The van der Waals surface area contributed by atoms with Crippen LogP contribution in [0.2, 0.25) is 0 Å². The normalized spacial score (nSPS) is 11.8. The molecule has 0 aliphatic carbocycles. The predicted octanol–water partition coefficient (Wildman–Crippen LogP) is 3.13. The van der Waals surface area contributed by atoms with E-state index in [-0.39, 0.29) is 0 Å². The fourth-order valence-corrected chi connectivity index (χ4v) is 2.14. The topological polar surface area (TPSA) is 32.3 Å². The van der Waals surface area contributed by atoms with Crippen LogP contribution in [0.4, 0.5) is 4.39 Å². The average Bonchev–Trinajstić information content (AvgIpc) is 2.02. The zero-order valence-corrected chi connectivity index (χ0v) is 9.73. The van der Waals surface area contributed by atoms with Crippen LogP contribution < -0.4 is 5.48 Å². The molecule has 0 unspecified atom stereocenters. The number of hydrogen-bond acceptors (Lipinski definition) is 2. The maximum atomic E-state index is 13.6. The van der Waals surface area contributed by atoms with Crippen molar-refractivity contribution in [3.63, 3.8) is 0 Å². The van der Waals surface area contributed by atoms with Gasteiger partial charge in [0.25, 0.3) is 0 Å². The minimum Gasteiger partial charge on any atom is -0.316 e. The lowest BCUT2D eigenvalue weighted by Gasteiger charge is -2.17. The Morgan fingerprint density at radius 1 is 1.50 bits per heavy atom. The van der Waals surface area contributed by atoms with Gasteiger partial charge in [0.15, 0.2) is 0 Å². The van der Waals surface area contributed by atoms with Crippen LogP contribution in [-0.4, -0.2) is 5.21 Å². The second-order valence-electron chi connectivity index (χ2n) is 3.62. The van der Waals surface area contributed by atoms with E-state index in [0.29, 0.717) is 12.1 Å². The Labute approximate surface area is 91.2 Å². The summed E-state index contributed by atoms with van der Waals surface area (Å²) in [6.07, 6.45) is 0. The van der Waals surface area contributed by atoms with E-state index in [1.165, 1.54) is 13.8 Å². The molecule has 1 rings (SSSR count). The molecule has 0 aliphatic rings. The molecule has 14 heavy (non-hydrogen) atoms. The molecule has 0 aromatic heterocycles. The van der Waals surface area contributed by atoms with Gasteiger partial charge in [-0.3, -0.25) is 0 Å². The average molecular weight is 262 g/mol. The Morgan fingerprint density at radius 3 is 2.57 bits per heavy atom. The number of hydroxylamine groups is 1. The minimum absolute atomic E-state index is 0.353. The summed E-state index contributed by atoms with van der Waals surface area (Å²) in [5, 5.41) is 8.50. The molecule has 1 aromatic rings. The molecule has 0 fully saturated rings. The van der Waals surface area contributed by atoms with Gasteiger partial charge in [-0.2, -0.15) is 0 Å². The molecule has 0 radical (unpaired) electrons. The molecule has 2 N–H and O–H groups in total. The first-order valence-electron chi connectivity index (χ1n) is 4.30. The van der Waals surface area contributed by atoms with Gasteiger partial charge in [0.1, 0.15) is 5.67 Å². The van der Waals surface area contributed by atoms with Crippen molar-refractivity contribution < 1.29 is 9.60 Å². The second kappa shape index (κ2) is 4.38. The molecular weight excluding hydrogens is 249 g/mol. The summed E-state index contributed by atoms with van der Waals surface area (Å²) in [4.78, 5) is 0. The van der Waals surface area contributed by atoms with Crippen LogP contribution in [0.5, 0.6) is 0 Å². The molecule has 0 saturated carbocycles.